The molecule has 4 heteroatoms. The van der Waals surface area contributed by atoms with Crippen LogP contribution in [0.3, 0.4) is 0 Å². The van der Waals surface area contributed by atoms with E-state index in [0.29, 0.717) is 12.8 Å². The van der Waals surface area contributed by atoms with Gasteiger partial charge in [0.25, 0.3) is 0 Å². The van der Waals surface area contributed by atoms with Crippen LogP contribution in [0, 0.1) is 0 Å². The quantitative estimate of drug-likeness (QED) is 0.636. The summed E-state index contributed by atoms with van der Waals surface area (Å²) in [5, 5.41) is 2.87. The Morgan fingerprint density at radius 1 is 0.750 bits per heavy atom. The summed E-state index contributed by atoms with van der Waals surface area (Å²) in [7, 11) is 0. The molecular weight excluding hydrogens is 348 g/mol. The first-order chi connectivity index (χ1) is 13.6. The molecule has 1 atom stereocenters. The third kappa shape index (κ3) is 5.07. The summed E-state index contributed by atoms with van der Waals surface area (Å²) in [6.07, 6.45) is 1.12. The number of rotatable bonds is 8. The first-order valence-corrected chi connectivity index (χ1v) is 9.38. The van der Waals surface area contributed by atoms with Crippen molar-refractivity contribution in [3.05, 3.63) is 108 Å². The van der Waals surface area contributed by atoms with Crippen molar-refractivity contribution < 1.29 is 9.59 Å². The molecule has 0 heterocycles. The molecule has 0 bridgehead atoms. The highest BCUT2D eigenvalue weighted by atomic mass is 16.2. The maximum atomic E-state index is 13.2. The van der Waals surface area contributed by atoms with Crippen LogP contribution in [0.1, 0.15) is 29.0 Å². The molecule has 3 rings (SSSR count). The second-order valence-corrected chi connectivity index (χ2v) is 6.74. The van der Waals surface area contributed by atoms with E-state index in [1.165, 1.54) is 0 Å². The summed E-state index contributed by atoms with van der Waals surface area (Å²) in [6.45, 7) is 0. The van der Waals surface area contributed by atoms with Gasteiger partial charge >= 0.3 is 0 Å². The van der Waals surface area contributed by atoms with Crippen molar-refractivity contribution in [3.63, 3.8) is 0 Å². The number of carbonyl (C=O) groups is 2. The van der Waals surface area contributed by atoms with Gasteiger partial charge in [-0.15, -0.1) is 0 Å². The fourth-order valence-electron chi connectivity index (χ4n) is 3.28. The highest BCUT2D eigenvalue weighted by Gasteiger charge is 2.26. The second kappa shape index (κ2) is 9.51. The minimum atomic E-state index is -0.720. The van der Waals surface area contributed by atoms with E-state index in [1.807, 2.05) is 91.0 Å². The zero-order chi connectivity index (χ0) is 19.8. The van der Waals surface area contributed by atoms with Crippen LogP contribution in [0.5, 0.6) is 0 Å². The van der Waals surface area contributed by atoms with E-state index in [-0.39, 0.29) is 5.91 Å². The number of aryl methyl sites for hydroxylation is 1. The number of hydrogen-bond acceptors (Lipinski definition) is 2. The molecule has 0 aliphatic rings. The molecule has 0 aromatic heterocycles. The van der Waals surface area contributed by atoms with Crippen molar-refractivity contribution in [1.29, 1.82) is 0 Å². The highest BCUT2D eigenvalue weighted by Crippen LogP contribution is 2.25. The minimum absolute atomic E-state index is 0.228. The fraction of sp³-hybridized carbons (Fsp3) is 0.167. The average molecular weight is 372 g/mol. The van der Waals surface area contributed by atoms with Gasteiger partial charge in [0.05, 0.1) is 5.92 Å². The minimum Gasteiger partial charge on any atom is -0.368 e. The summed E-state index contributed by atoms with van der Waals surface area (Å²) >= 11 is 0. The lowest BCUT2D eigenvalue weighted by molar-refractivity contribution is -0.127. The Morgan fingerprint density at radius 3 is 1.68 bits per heavy atom. The van der Waals surface area contributed by atoms with Crippen LogP contribution in [0.2, 0.25) is 0 Å². The van der Waals surface area contributed by atoms with Gasteiger partial charge in [-0.05, 0) is 29.5 Å². The van der Waals surface area contributed by atoms with Crippen LogP contribution in [0.25, 0.3) is 0 Å². The molecule has 0 saturated carbocycles. The lowest BCUT2D eigenvalue weighted by atomic mass is 9.90. The molecule has 3 N–H and O–H groups in total. The van der Waals surface area contributed by atoms with Crippen LogP contribution in [0.15, 0.2) is 91.0 Å². The molecule has 0 aliphatic carbocycles. The molecule has 2 amide bonds. The Morgan fingerprint density at radius 2 is 1.21 bits per heavy atom. The molecule has 0 radical (unpaired) electrons. The summed E-state index contributed by atoms with van der Waals surface area (Å²) in [5.74, 6) is -1.25. The largest absolute Gasteiger partial charge is 0.368 e. The van der Waals surface area contributed by atoms with Crippen molar-refractivity contribution >= 4 is 11.8 Å². The average Bonchev–Trinajstić information content (AvgIpc) is 2.73. The third-order valence-electron chi connectivity index (χ3n) is 4.75. The maximum absolute atomic E-state index is 13.2. The molecular formula is C24H24N2O2. The number of primary amides is 1. The van der Waals surface area contributed by atoms with Gasteiger partial charge in [-0.3, -0.25) is 9.59 Å². The zero-order valence-corrected chi connectivity index (χ0v) is 15.6. The van der Waals surface area contributed by atoms with Gasteiger partial charge in [0.1, 0.15) is 6.04 Å². The van der Waals surface area contributed by atoms with E-state index in [2.05, 4.69) is 5.32 Å². The molecule has 0 saturated heterocycles. The summed E-state index contributed by atoms with van der Waals surface area (Å²) in [4.78, 5) is 25.1. The Labute approximate surface area is 165 Å². The monoisotopic (exact) mass is 372 g/mol. The van der Waals surface area contributed by atoms with Gasteiger partial charge in [-0.1, -0.05) is 91.0 Å². The van der Waals surface area contributed by atoms with E-state index in [4.69, 9.17) is 5.73 Å². The molecule has 0 unspecified atom stereocenters. The van der Waals surface area contributed by atoms with Crippen LogP contribution < -0.4 is 11.1 Å². The molecule has 28 heavy (non-hydrogen) atoms. The van der Waals surface area contributed by atoms with E-state index in [1.54, 1.807) is 0 Å². The molecule has 0 aliphatic heterocycles. The maximum Gasteiger partial charge on any atom is 0.240 e. The van der Waals surface area contributed by atoms with E-state index in [9.17, 15) is 9.59 Å². The molecule has 142 valence electrons. The van der Waals surface area contributed by atoms with Gasteiger partial charge in [0, 0.05) is 0 Å². The van der Waals surface area contributed by atoms with Gasteiger partial charge < -0.3 is 11.1 Å². The van der Waals surface area contributed by atoms with Crippen molar-refractivity contribution in [3.8, 4) is 0 Å². The van der Waals surface area contributed by atoms with Gasteiger partial charge in [-0.25, -0.2) is 0 Å². The highest BCUT2D eigenvalue weighted by molar-refractivity contribution is 5.91. The van der Waals surface area contributed by atoms with Crippen molar-refractivity contribution in [2.75, 3.05) is 0 Å². The SMILES string of the molecule is NC(=O)[C@@H](CCc1ccccc1)NC(=O)C(c1ccccc1)c1ccccc1. The summed E-state index contributed by atoms with van der Waals surface area (Å²) < 4.78 is 0. The molecule has 3 aromatic carbocycles. The lowest BCUT2D eigenvalue weighted by Gasteiger charge is -2.22. The van der Waals surface area contributed by atoms with E-state index in [0.717, 1.165) is 16.7 Å². The Balaban J connectivity index is 1.78. The Bertz CT molecular complexity index is 856. The molecule has 0 spiro atoms. The van der Waals surface area contributed by atoms with Gasteiger partial charge in [0.2, 0.25) is 11.8 Å². The van der Waals surface area contributed by atoms with E-state index < -0.39 is 17.9 Å². The predicted octanol–water partition coefficient (Wildman–Crippen LogP) is 3.42. The van der Waals surface area contributed by atoms with Crippen LogP contribution in [0.4, 0.5) is 0 Å². The number of carbonyl (C=O) groups excluding carboxylic acids is 2. The summed E-state index contributed by atoms with van der Waals surface area (Å²) in [6, 6.07) is 28.2. The standard InChI is InChI=1S/C24H24N2O2/c25-23(27)21(17-16-18-10-4-1-5-11-18)26-24(28)22(19-12-6-2-7-13-19)20-14-8-3-9-15-20/h1-15,21-22H,16-17H2,(H2,25,27)(H,26,28)/t21-/m1/s1. The smallest absolute Gasteiger partial charge is 0.240 e. The normalized spacial score (nSPS) is 11.8. The zero-order valence-electron chi connectivity index (χ0n) is 15.6. The Kier molecular flexibility index (Phi) is 6.58. The van der Waals surface area contributed by atoms with Gasteiger partial charge in [0.15, 0.2) is 0 Å². The molecule has 4 nitrogen and oxygen atoms in total. The predicted molar refractivity (Wildman–Crippen MR) is 111 cm³/mol. The third-order valence-corrected chi connectivity index (χ3v) is 4.75. The number of hydrogen-bond donors (Lipinski definition) is 2. The first kappa shape index (κ1) is 19.4. The van der Waals surface area contributed by atoms with Crippen molar-refractivity contribution in [2.45, 2.75) is 24.8 Å². The Hall–Kier alpha value is -3.40. The van der Waals surface area contributed by atoms with E-state index >= 15 is 0 Å². The van der Waals surface area contributed by atoms with Crippen molar-refractivity contribution in [2.24, 2.45) is 5.73 Å². The van der Waals surface area contributed by atoms with Crippen molar-refractivity contribution in [1.82, 2.24) is 5.32 Å². The number of nitrogens with one attached hydrogen (secondary N) is 1. The van der Waals surface area contributed by atoms with Crippen LogP contribution in [-0.4, -0.2) is 17.9 Å². The fourth-order valence-corrected chi connectivity index (χ4v) is 3.28. The second-order valence-electron chi connectivity index (χ2n) is 6.74. The molecule has 0 fully saturated rings. The van der Waals surface area contributed by atoms with Crippen LogP contribution >= 0.6 is 0 Å². The summed E-state index contributed by atoms with van der Waals surface area (Å²) in [5.41, 5.74) is 8.42. The topological polar surface area (TPSA) is 72.2 Å². The first-order valence-electron chi connectivity index (χ1n) is 9.38. The van der Waals surface area contributed by atoms with Crippen LogP contribution in [-0.2, 0) is 16.0 Å². The van der Waals surface area contributed by atoms with Gasteiger partial charge in [-0.2, -0.15) is 0 Å². The number of nitrogens with two attached hydrogens (primary N) is 1. The number of benzene rings is 3. The lowest BCUT2D eigenvalue weighted by Crippen LogP contribution is -2.46. The molecule has 3 aromatic rings. The number of amides is 2.